The average Bonchev–Trinajstić information content (AvgIpc) is 2.32. The number of nitrogens with two attached hydrogens (primary N) is 2. The van der Waals surface area contributed by atoms with Gasteiger partial charge < -0.3 is 11.5 Å². The van der Waals surface area contributed by atoms with E-state index in [2.05, 4.69) is 9.97 Å². The van der Waals surface area contributed by atoms with Gasteiger partial charge in [0.05, 0.1) is 15.7 Å². The SMILES string of the molecule is N#Cc1c(N)nc(N)nc1-c1cccc(Cl)c1Cl. The molecule has 0 saturated carbocycles. The second kappa shape index (κ2) is 4.69. The lowest BCUT2D eigenvalue weighted by Gasteiger charge is -2.08. The van der Waals surface area contributed by atoms with Crippen molar-refractivity contribution in [1.82, 2.24) is 9.97 Å². The van der Waals surface area contributed by atoms with Gasteiger partial charge in [-0.3, -0.25) is 0 Å². The van der Waals surface area contributed by atoms with Gasteiger partial charge in [-0.2, -0.15) is 10.2 Å². The van der Waals surface area contributed by atoms with E-state index in [4.69, 9.17) is 39.9 Å². The lowest BCUT2D eigenvalue weighted by Crippen LogP contribution is -2.05. The number of anilines is 2. The highest BCUT2D eigenvalue weighted by molar-refractivity contribution is 6.43. The summed E-state index contributed by atoms with van der Waals surface area (Å²) >= 11 is 12.0. The van der Waals surface area contributed by atoms with Gasteiger partial charge in [0, 0.05) is 5.56 Å². The van der Waals surface area contributed by atoms with Crippen LogP contribution in [0.2, 0.25) is 10.0 Å². The Hall–Kier alpha value is -2.03. The highest BCUT2D eigenvalue weighted by Gasteiger charge is 2.16. The van der Waals surface area contributed by atoms with E-state index in [0.717, 1.165) is 0 Å². The Labute approximate surface area is 113 Å². The Balaban J connectivity index is 2.79. The van der Waals surface area contributed by atoms with Crippen LogP contribution in [0.4, 0.5) is 11.8 Å². The topological polar surface area (TPSA) is 102 Å². The molecule has 5 nitrogen and oxygen atoms in total. The molecule has 0 atom stereocenters. The Kier molecular flexibility index (Phi) is 3.24. The Bertz CT molecular complexity index is 663. The minimum Gasteiger partial charge on any atom is -0.382 e. The van der Waals surface area contributed by atoms with Gasteiger partial charge >= 0.3 is 0 Å². The van der Waals surface area contributed by atoms with E-state index in [1.165, 1.54) is 0 Å². The third-order valence-electron chi connectivity index (χ3n) is 2.27. The van der Waals surface area contributed by atoms with E-state index in [-0.39, 0.29) is 28.0 Å². The lowest BCUT2D eigenvalue weighted by molar-refractivity contribution is 1.18. The molecule has 0 fully saturated rings. The number of nitriles is 1. The molecule has 2 aromatic rings. The van der Waals surface area contributed by atoms with Crippen molar-refractivity contribution >= 4 is 35.0 Å². The highest BCUT2D eigenvalue weighted by atomic mass is 35.5. The number of hydrogen-bond donors (Lipinski definition) is 2. The standard InChI is InChI=1S/C11H7Cl2N5/c12-7-3-1-2-5(8(7)13)9-6(4-14)10(15)18-11(16)17-9/h1-3H,(H4,15,16,17,18). The van der Waals surface area contributed by atoms with Gasteiger partial charge in [-0.15, -0.1) is 0 Å². The van der Waals surface area contributed by atoms with Gasteiger partial charge in [0.25, 0.3) is 0 Å². The van der Waals surface area contributed by atoms with Crippen molar-refractivity contribution in [3.63, 3.8) is 0 Å². The molecule has 1 heterocycles. The normalized spacial score (nSPS) is 10.1. The highest BCUT2D eigenvalue weighted by Crippen LogP contribution is 2.35. The molecular formula is C11H7Cl2N5. The van der Waals surface area contributed by atoms with Crippen LogP contribution in [-0.4, -0.2) is 9.97 Å². The van der Waals surface area contributed by atoms with Crippen LogP contribution in [-0.2, 0) is 0 Å². The fraction of sp³-hybridized carbons (Fsp3) is 0. The zero-order valence-corrected chi connectivity index (χ0v) is 10.5. The van der Waals surface area contributed by atoms with Crippen molar-refractivity contribution in [2.75, 3.05) is 11.5 Å². The summed E-state index contributed by atoms with van der Waals surface area (Å²) in [6.07, 6.45) is 0. The molecule has 0 aliphatic carbocycles. The van der Waals surface area contributed by atoms with Crippen molar-refractivity contribution in [2.24, 2.45) is 0 Å². The minimum absolute atomic E-state index is 0.0102. The molecule has 90 valence electrons. The van der Waals surface area contributed by atoms with Crippen molar-refractivity contribution < 1.29 is 0 Å². The van der Waals surface area contributed by atoms with Crippen LogP contribution in [0, 0.1) is 11.3 Å². The summed E-state index contributed by atoms with van der Waals surface area (Å²) in [7, 11) is 0. The number of aromatic nitrogens is 2. The lowest BCUT2D eigenvalue weighted by atomic mass is 10.1. The van der Waals surface area contributed by atoms with Gasteiger partial charge in [-0.05, 0) is 6.07 Å². The summed E-state index contributed by atoms with van der Waals surface area (Å²) in [5.74, 6) is -0.0198. The van der Waals surface area contributed by atoms with E-state index in [1.54, 1.807) is 18.2 Å². The van der Waals surface area contributed by atoms with Crippen LogP contribution in [0.3, 0.4) is 0 Å². The van der Waals surface area contributed by atoms with Crippen LogP contribution in [0.15, 0.2) is 18.2 Å². The molecule has 0 spiro atoms. The summed E-state index contributed by atoms with van der Waals surface area (Å²) in [5.41, 5.74) is 12.0. The number of rotatable bonds is 1. The van der Waals surface area contributed by atoms with Gasteiger partial charge in [-0.25, -0.2) is 4.98 Å². The molecule has 0 unspecified atom stereocenters. The minimum atomic E-state index is -0.0301. The van der Waals surface area contributed by atoms with Gasteiger partial charge in [0.2, 0.25) is 5.95 Å². The first-order valence-electron chi connectivity index (χ1n) is 4.82. The summed E-state index contributed by atoms with van der Waals surface area (Å²) < 4.78 is 0. The van der Waals surface area contributed by atoms with Crippen LogP contribution >= 0.6 is 23.2 Å². The molecule has 0 amide bonds. The average molecular weight is 280 g/mol. The first-order valence-corrected chi connectivity index (χ1v) is 5.57. The fourth-order valence-electron chi connectivity index (χ4n) is 1.49. The predicted molar refractivity (Wildman–Crippen MR) is 71.0 cm³/mol. The monoisotopic (exact) mass is 279 g/mol. The maximum atomic E-state index is 9.08. The third-order valence-corrected chi connectivity index (χ3v) is 3.09. The Morgan fingerprint density at radius 2 is 1.89 bits per heavy atom. The number of halogens is 2. The van der Waals surface area contributed by atoms with Crippen molar-refractivity contribution in [2.45, 2.75) is 0 Å². The number of nitrogens with zero attached hydrogens (tertiary/aromatic N) is 3. The fourth-order valence-corrected chi connectivity index (χ4v) is 1.88. The van der Waals surface area contributed by atoms with E-state index in [1.807, 2.05) is 6.07 Å². The Morgan fingerprint density at radius 1 is 1.17 bits per heavy atom. The summed E-state index contributed by atoms with van der Waals surface area (Å²) in [6, 6.07) is 6.93. The number of benzene rings is 1. The molecular weight excluding hydrogens is 273 g/mol. The maximum absolute atomic E-state index is 9.08. The van der Waals surface area contributed by atoms with Crippen LogP contribution in [0.1, 0.15) is 5.56 Å². The molecule has 1 aromatic carbocycles. The quantitative estimate of drug-likeness (QED) is 0.835. The van der Waals surface area contributed by atoms with Crippen LogP contribution < -0.4 is 11.5 Å². The van der Waals surface area contributed by atoms with E-state index < -0.39 is 0 Å². The predicted octanol–water partition coefficient (Wildman–Crippen LogP) is 2.49. The number of hydrogen-bond acceptors (Lipinski definition) is 5. The number of nitrogen functional groups attached to an aromatic ring is 2. The zero-order chi connectivity index (χ0) is 13.3. The molecule has 0 aliphatic rings. The zero-order valence-electron chi connectivity index (χ0n) is 8.98. The second-order valence-electron chi connectivity index (χ2n) is 3.40. The van der Waals surface area contributed by atoms with Crippen molar-refractivity contribution in [1.29, 1.82) is 5.26 Å². The van der Waals surface area contributed by atoms with Crippen LogP contribution in [0.5, 0.6) is 0 Å². The van der Waals surface area contributed by atoms with Gasteiger partial charge in [0.15, 0.2) is 0 Å². The van der Waals surface area contributed by atoms with E-state index in [0.29, 0.717) is 10.6 Å². The first-order chi connectivity index (χ1) is 8.54. The molecule has 0 bridgehead atoms. The summed E-state index contributed by atoms with van der Waals surface area (Å²) in [5, 5.41) is 9.73. The molecule has 0 saturated heterocycles. The Morgan fingerprint density at radius 3 is 2.56 bits per heavy atom. The molecule has 2 rings (SSSR count). The van der Waals surface area contributed by atoms with Crippen molar-refractivity contribution in [3.05, 3.63) is 33.8 Å². The molecule has 1 aromatic heterocycles. The smallest absolute Gasteiger partial charge is 0.222 e. The van der Waals surface area contributed by atoms with Crippen LogP contribution in [0.25, 0.3) is 11.3 Å². The molecule has 7 heteroatoms. The van der Waals surface area contributed by atoms with Crippen molar-refractivity contribution in [3.8, 4) is 17.3 Å². The van der Waals surface area contributed by atoms with E-state index in [9.17, 15) is 0 Å². The molecule has 0 aliphatic heterocycles. The largest absolute Gasteiger partial charge is 0.382 e. The second-order valence-corrected chi connectivity index (χ2v) is 4.19. The first kappa shape index (κ1) is 12.4. The summed E-state index contributed by atoms with van der Waals surface area (Å²) in [4.78, 5) is 7.73. The van der Waals surface area contributed by atoms with Gasteiger partial charge in [0.1, 0.15) is 17.5 Å². The molecule has 0 radical (unpaired) electrons. The maximum Gasteiger partial charge on any atom is 0.222 e. The van der Waals surface area contributed by atoms with E-state index >= 15 is 0 Å². The molecule has 4 N–H and O–H groups in total. The molecule has 18 heavy (non-hydrogen) atoms. The summed E-state index contributed by atoms with van der Waals surface area (Å²) in [6.45, 7) is 0. The third kappa shape index (κ3) is 2.04. The van der Waals surface area contributed by atoms with Gasteiger partial charge in [-0.1, -0.05) is 35.3 Å².